The second-order valence-electron chi connectivity index (χ2n) is 9.45. The summed E-state index contributed by atoms with van der Waals surface area (Å²) < 4.78 is 12.4. The third-order valence-electron chi connectivity index (χ3n) is 7.01. The standard InChI is InChI=1S/C30H26Cl2O3/c1-4-34-23-15-13-18-9-5-7-11-20(18)26(23)27-21-12-8-6-10-19(21)14-16-24(27)35-29(33)28-22(17-25(31)32)30(28,2)3/h5-17,22,28H,4H2,1-3H3/t22-,28+/m1/s1. The Kier molecular flexibility index (Phi) is 6.25. The molecule has 3 nitrogen and oxygen atoms in total. The number of carbonyl (C=O) groups is 1. The molecule has 0 unspecified atom stereocenters. The first kappa shape index (κ1) is 23.7. The van der Waals surface area contributed by atoms with Crippen LogP contribution in [0.25, 0.3) is 32.7 Å². The van der Waals surface area contributed by atoms with E-state index in [9.17, 15) is 4.79 Å². The van der Waals surface area contributed by atoms with Gasteiger partial charge in [0.2, 0.25) is 0 Å². The normalized spacial score (nSPS) is 18.3. The fourth-order valence-corrected chi connectivity index (χ4v) is 5.40. The Morgan fingerprint density at radius 2 is 1.40 bits per heavy atom. The van der Waals surface area contributed by atoms with E-state index >= 15 is 0 Å². The summed E-state index contributed by atoms with van der Waals surface area (Å²) in [5.74, 6) is 0.573. The van der Waals surface area contributed by atoms with Gasteiger partial charge in [0.05, 0.1) is 12.5 Å². The molecule has 0 bridgehead atoms. The minimum absolute atomic E-state index is 0.0690. The topological polar surface area (TPSA) is 35.5 Å². The highest BCUT2D eigenvalue weighted by atomic mass is 35.5. The fraction of sp³-hybridized carbons (Fsp3) is 0.233. The van der Waals surface area contributed by atoms with Gasteiger partial charge < -0.3 is 9.47 Å². The van der Waals surface area contributed by atoms with E-state index in [1.165, 1.54) is 0 Å². The Morgan fingerprint density at radius 1 is 0.857 bits per heavy atom. The van der Waals surface area contributed by atoms with E-state index in [2.05, 4.69) is 30.3 Å². The van der Waals surface area contributed by atoms with Crippen molar-refractivity contribution in [1.29, 1.82) is 0 Å². The third-order valence-corrected chi connectivity index (χ3v) is 7.26. The first-order chi connectivity index (χ1) is 16.8. The van der Waals surface area contributed by atoms with Crippen LogP contribution < -0.4 is 9.47 Å². The lowest BCUT2D eigenvalue weighted by Crippen LogP contribution is -2.14. The Bertz CT molecular complexity index is 1470. The van der Waals surface area contributed by atoms with Gasteiger partial charge in [-0.3, -0.25) is 4.79 Å². The number of hydrogen-bond acceptors (Lipinski definition) is 3. The molecule has 0 aliphatic heterocycles. The molecule has 1 aliphatic carbocycles. The van der Waals surface area contributed by atoms with Crippen LogP contribution in [-0.4, -0.2) is 12.6 Å². The van der Waals surface area contributed by atoms with Crippen LogP contribution in [0.2, 0.25) is 0 Å². The molecular weight excluding hydrogens is 479 g/mol. The second kappa shape index (κ2) is 9.22. The summed E-state index contributed by atoms with van der Waals surface area (Å²) in [6.45, 7) is 6.54. The van der Waals surface area contributed by atoms with Crippen LogP contribution in [0.4, 0.5) is 0 Å². The fourth-order valence-electron chi connectivity index (χ4n) is 5.13. The summed E-state index contributed by atoms with van der Waals surface area (Å²) in [7, 11) is 0. The van der Waals surface area contributed by atoms with E-state index in [4.69, 9.17) is 32.7 Å². The lowest BCUT2D eigenvalue weighted by molar-refractivity contribution is -0.136. The highest BCUT2D eigenvalue weighted by molar-refractivity contribution is 6.55. The predicted octanol–water partition coefficient (Wildman–Crippen LogP) is 8.56. The zero-order valence-corrected chi connectivity index (χ0v) is 21.4. The molecule has 4 aromatic rings. The maximum atomic E-state index is 13.4. The highest BCUT2D eigenvalue weighted by Crippen LogP contribution is 2.60. The van der Waals surface area contributed by atoms with Crippen LogP contribution in [-0.2, 0) is 4.79 Å². The largest absolute Gasteiger partial charge is 0.493 e. The number of benzene rings is 4. The molecular formula is C30H26Cl2O3. The number of rotatable bonds is 6. The van der Waals surface area contributed by atoms with E-state index in [0.717, 1.165) is 38.4 Å². The smallest absolute Gasteiger partial charge is 0.315 e. The molecule has 0 heterocycles. The van der Waals surface area contributed by atoms with Crippen LogP contribution >= 0.6 is 23.2 Å². The van der Waals surface area contributed by atoms with Gasteiger partial charge in [0.1, 0.15) is 16.0 Å². The molecule has 5 rings (SSSR count). The average molecular weight is 505 g/mol. The van der Waals surface area contributed by atoms with Crippen molar-refractivity contribution in [3.8, 4) is 22.6 Å². The number of halogens is 2. The minimum Gasteiger partial charge on any atom is -0.493 e. The SMILES string of the molecule is CCOc1ccc2ccccc2c1-c1c(OC(=O)[C@@H]2[C@@H](C=C(Cl)Cl)C2(C)C)ccc2ccccc12. The summed E-state index contributed by atoms with van der Waals surface area (Å²) in [4.78, 5) is 13.4. The second-order valence-corrected chi connectivity index (χ2v) is 10.5. The van der Waals surface area contributed by atoms with Gasteiger partial charge in [0.15, 0.2) is 0 Å². The molecule has 0 radical (unpaired) electrons. The molecule has 0 amide bonds. The zero-order chi connectivity index (χ0) is 24.7. The Labute approximate surface area is 215 Å². The summed E-state index contributed by atoms with van der Waals surface area (Å²) >= 11 is 11.8. The van der Waals surface area contributed by atoms with Gasteiger partial charge in [-0.2, -0.15) is 0 Å². The molecule has 0 spiro atoms. The molecule has 0 aromatic heterocycles. The van der Waals surface area contributed by atoms with Gasteiger partial charge in [-0.05, 0) is 58.0 Å². The molecule has 2 atom stereocenters. The summed E-state index contributed by atoms with van der Waals surface area (Å²) in [6, 6.07) is 24.2. The van der Waals surface area contributed by atoms with E-state index in [1.54, 1.807) is 6.08 Å². The number of ether oxygens (including phenoxy) is 2. The number of hydrogen-bond donors (Lipinski definition) is 0. The van der Waals surface area contributed by atoms with Crippen molar-refractivity contribution in [2.24, 2.45) is 17.3 Å². The number of fused-ring (bicyclic) bond motifs is 2. The van der Waals surface area contributed by atoms with Crippen molar-refractivity contribution in [2.45, 2.75) is 20.8 Å². The van der Waals surface area contributed by atoms with E-state index in [0.29, 0.717) is 12.4 Å². The molecule has 0 saturated heterocycles. The summed E-state index contributed by atoms with van der Waals surface area (Å²) in [5.41, 5.74) is 1.48. The van der Waals surface area contributed by atoms with Gasteiger partial charge in [-0.15, -0.1) is 0 Å². The van der Waals surface area contributed by atoms with Crippen molar-refractivity contribution in [2.75, 3.05) is 6.61 Å². The molecule has 5 heteroatoms. The predicted molar refractivity (Wildman–Crippen MR) is 144 cm³/mol. The molecule has 0 N–H and O–H groups in total. The Hall–Kier alpha value is -3.01. The van der Waals surface area contributed by atoms with E-state index in [-0.39, 0.29) is 27.7 Å². The van der Waals surface area contributed by atoms with Crippen LogP contribution in [0, 0.1) is 17.3 Å². The molecule has 4 aromatic carbocycles. The van der Waals surface area contributed by atoms with E-state index in [1.807, 2.05) is 63.2 Å². The van der Waals surface area contributed by atoms with Crippen molar-refractivity contribution in [3.05, 3.63) is 83.4 Å². The van der Waals surface area contributed by atoms with Gasteiger partial charge in [-0.25, -0.2) is 0 Å². The van der Waals surface area contributed by atoms with Crippen molar-refractivity contribution >= 4 is 50.7 Å². The highest BCUT2D eigenvalue weighted by Gasteiger charge is 2.61. The Morgan fingerprint density at radius 3 is 1.97 bits per heavy atom. The Balaban J connectivity index is 1.70. The summed E-state index contributed by atoms with van der Waals surface area (Å²) in [5, 5.41) is 4.17. The lowest BCUT2D eigenvalue weighted by atomic mass is 9.92. The molecule has 1 saturated carbocycles. The van der Waals surface area contributed by atoms with E-state index < -0.39 is 0 Å². The molecule has 35 heavy (non-hydrogen) atoms. The van der Waals surface area contributed by atoms with Crippen molar-refractivity contribution < 1.29 is 14.3 Å². The molecule has 1 fully saturated rings. The van der Waals surface area contributed by atoms with Crippen LogP contribution in [0.5, 0.6) is 11.5 Å². The average Bonchev–Trinajstić information content (AvgIpc) is 3.38. The van der Waals surface area contributed by atoms with Crippen LogP contribution in [0.1, 0.15) is 20.8 Å². The quantitative estimate of drug-likeness (QED) is 0.195. The van der Waals surface area contributed by atoms with Gasteiger partial charge in [0.25, 0.3) is 0 Å². The maximum absolute atomic E-state index is 13.4. The number of allylic oxidation sites excluding steroid dienone is 1. The van der Waals surface area contributed by atoms with Crippen LogP contribution in [0.15, 0.2) is 83.4 Å². The summed E-state index contributed by atoms with van der Waals surface area (Å²) in [6.07, 6.45) is 1.73. The van der Waals surface area contributed by atoms with Crippen molar-refractivity contribution in [1.82, 2.24) is 0 Å². The number of carbonyl (C=O) groups excluding carboxylic acids is 1. The zero-order valence-electron chi connectivity index (χ0n) is 19.8. The van der Waals surface area contributed by atoms with Crippen LogP contribution in [0.3, 0.4) is 0 Å². The van der Waals surface area contributed by atoms with Gasteiger partial charge >= 0.3 is 5.97 Å². The third kappa shape index (κ3) is 4.28. The molecule has 178 valence electrons. The molecule has 1 aliphatic rings. The van der Waals surface area contributed by atoms with Gasteiger partial charge in [0, 0.05) is 11.1 Å². The monoisotopic (exact) mass is 504 g/mol. The first-order valence-electron chi connectivity index (χ1n) is 11.7. The minimum atomic E-state index is -0.326. The van der Waals surface area contributed by atoms with Gasteiger partial charge in [-0.1, -0.05) is 97.7 Å². The lowest BCUT2D eigenvalue weighted by Gasteiger charge is -2.19. The number of esters is 1. The maximum Gasteiger partial charge on any atom is 0.315 e. The van der Waals surface area contributed by atoms with Crippen molar-refractivity contribution in [3.63, 3.8) is 0 Å². The first-order valence-corrected chi connectivity index (χ1v) is 12.5.